The molecule has 9 heteroatoms. The minimum absolute atomic E-state index is 0.0322. The number of hydrogen-bond donors (Lipinski definition) is 2. The highest BCUT2D eigenvalue weighted by molar-refractivity contribution is 7.89. The molecule has 1 aliphatic rings. The third-order valence-corrected chi connectivity index (χ3v) is 6.60. The first kappa shape index (κ1) is 21.1. The van der Waals surface area contributed by atoms with Gasteiger partial charge in [0.15, 0.2) is 0 Å². The van der Waals surface area contributed by atoms with Crippen LogP contribution in [0.5, 0.6) is 0 Å². The van der Waals surface area contributed by atoms with Gasteiger partial charge in [-0.2, -0.15) is 0 Å². The van der Waals surface area contributed by atoms with Crippen molar-refractivity contribution in [1.82, 2.24) is 4.72 Å². The smallest absolute Gasteiger partial charge is 0.255 e. The van der Waals surface area contributed by atoms with Crippen molar-refractivity contribution < 1.29 is 17.9 Å². The lowest BCUT2D eigenvalue weighted by Crippen LogP contribution is -2.32. The molecule has 1 heterocycles. The normalized spacial score (nSPS) is 16.9. The first-order chi connectivity index (χ1) is 13.3. The zero-order valence-corrected chi connectivity index (χ0v) is 17.5. The van der Waals surface area contributed by atoms with Crippen molar-refractivity contribution in [2.24, 2.45) is 0 Å². The van der Waals surface area contributed by atoms with Crippen LogP contribution in [0, 0.1) is 6.92 Å². The van der Waals surface area contributed by atoms with E-state index < -0.39 is 15.9 Å². The fourth-order valence-corrected chi connectivity index (χ4v) is 4.72. The first-order valence-electron chi connectivity index (χ1n) is 8.74. The SMILES string of the molecule is Cc1ccc(NC(=O)c2ccc(Cl)c(S(=O)(=O)NC[C@H]3CCCO3)c2)c(Cl)c1. The van der Waals surface area contributed by atoms with Crippen LogP contribution >= 0.6 is 23.2 Å². The van der Waals surface area contributed by atoms with E-state index in [0.717, 1.165) is 18.4 Å². The molecule has 0 bridgehead atoms. The lowest BCUT2D eigenvalue weighted by atomic mass is 10.2. The number of nitrogens with one attached hydrogen (secondary N) is 2. The summed E-state index contributed by atoms with van der Waals surface area (Å²) in [5.41, 5.74) is 1.55. The van der Waals surface area contributed by atoms with E-state index in [-0.39, 0.29) is 28.1 Å². The van der Waals surface area contributed by atoms with Gasteiger partial charge in [0, 0.05) is 18.7 Å². The van der Waals surface area contributed by atoms with Gasteiger partial charge in [-0.05, 0) is 55.7 Å². The maximum absolute atomic E-state index is 12.6. The van der Waals surface area contributed by atoms with Crippen LogP contribution in [0.4, 0.5) is 5.69 Å². The third kappa shape index (κ3) is 5.04. The van der Waals surface area contributed by atoms with Crippen molar-refractivity contribution in [3.05, 3.63) is 57.6 Å². The maximum Gasteiger partial charge on any atom is 0.255 e. The third-order valence-electron chi connectivity index (χ3n) is 4.38. The molecular formula is C19H20Cl2N2O4S. The van der Waals surface area contributed by atoms with E-state index in [9.17, 15) is 13.2 Å². The summed E-state index contributed by atoms with van der Waals surface area (Å²) in [4.78, 5) is 12.4. The number of anilines is 1. The Morgan fingerprint density at radius 2 is 1.96 bits per heavy atom. The van der Waals surface area contributed by atoms with Gasteiger partial charge in [0.1, 0.15) is 4.90 Å². The Morgan fingerprint density at radius 3 is 2.64 bits per heavy atom. The molecular weight excluding hydrogens is 423 g/mol. The number of halogens is 2. The Hall–Kier alpha value is -1.64. The molecule has 2 N–H and O–H groups in total. The molecule has 3 rings (SSSR count). The standard InChI is InChI=1S/C19H20Cl2N2O4S/c1-12-4-7-17(16(21)9-12)23-19(24)13-5-6-15(20)18(10-13)28(25,26)22-11-14-3-2-8-27-14/h4-7,9-10,14,22H,2-3,8,11H2,1H3,(H,23,24)/t14-/m1/s1. The van der Waals surface area contributed by atoms with Crippen molar-refractivity contribution in [2.45, 2.75) is 30.8 Å². The summed E-state index contributed by atoms with van der Waals surface area (Å²) in [7, 11) is -3.89. The van der Waals surface area contributed by atoms with Gasteiger partial charge in [0.05, 0.1) is 21.8 Å². The molecule has 1 aliphatic heterocycles. The van der Waals surface area contributed by atoms with Crippen LogP contribution in [0.2, 0.25) is 10.0 Å². The average Bonchev–Trinajstić information content (AvgIpc) is 3.16. The van der Waals surface area contributed by atoms with Crippen LogP contribution < -0.4 is 10.0 Å². The molecule has 0 aliphatic carbocycles. The van der Waals surface area contributed by atoms with E-state index in [2.05, 4.69) is 10.0 Å². The number of benzene rings is 2. The van der Waals surface area contributed by atoms with Crippen molar-refractivity contribution in [3.8, 4) is 0 Å². The molecule has 1 atom stereocenters. The van der Waals surface area contributed by atoms with Gasteiger partial charge < -0.3 is 10.1 Å². The molecule has 0 saturated carbocycles. The Balaban J connectivity index is 1.78. The van der Waals surface area contributed by atoms with Crippen LogP contribution in [0.25, 0.3) is 0 Å². The van der Waals surface area contributed by atoms with Gasteiger partial charge in [0.25, 0.3) is 5.91 Å². The molecule has 1 saturated heterocycles. The zero-order chi connectivity index (χ0) is 20.3. The Bertz CT molecular complexity index is 989. The van der Waals surface area contributed by atoms with Crippen LogP contribution in [-0.2, 0) is 14.8 Å². The largest absolute Gasteiger partial charge is 0.377 e. The number of rotatable bonds is 6. The molecule has 0 unspecified atom stereocenters. The topological polar surface area (TPSA) is 84.5 Å². The predicted octanol–water partition coefficient (Wildman–Crippen LogP) is 4.01. The van der Waals surface area contributed by atoms with Gasteiger partial charge >= 0.3 is 0 Å². The van der Waals surface area contributed by atoms with Crippen molar-refractivity contribution >= 4 is 44.8 Å². The predicted molar refractivity (Wildman–Crippen MR) is 110 cm³/mol. The van der Waals surface area contributed by atoms with E-state index >= 15 is 0 Å². The number of sulfonamides is 1. The molecule has 2 aromatic rings. The van der Waals surface area contributed by atoms with Crippen molar-refractivity contribution in [3.63, 3.8) is 0 Å². The minimum Gasteiger partial charge on any atom is -0.377 e. The Kier molecular flexibility index (Phi) is 6.62. The Labute approximate surface area is 174 Å². The minimum atomic E-state index is -3.89. The van der Waals surface area contributed by atoms with E-state index in [1.807, 2.05) is 13.0 Å². The molecule has 2 aromatic carbocycles. The quantitative estimate of drug-likeness (QED) is 0.707. The monoisotopic (exact) mass is 442 g/mol. The second kappa shape index (κ2) is 8.80. The second-order valence-electron chi connectivity index (χ2n) is 6.57. The van der Waals surface area contributed by atoms with E-state index in [1.165, 1.54) is 18.2 Å². The first-order valence-corrected chi connectivity index (χ1v) is 11.0. The van der Waals surface area contributed by atoms with Gasteiger partial charge in [0.2, 0.25) is 10.0 Å². The maximum atomic E-state index is 12.6. The highest BCUT2D eigenvalue weighted by atomic mass is 35.5. The number of amides is 1. The molecule has 1 fully saturated rings. The summed E-state index contributed by atoms with van der Waals surface area (Å²) in [6, 6.07) is 9.31. The number of carbonyl (C=O) groups is 1. The van der Waals surface area contributed by atoms with Crippen molar-refractivity contribution in [2.75, 3.05) is 18.5 Å². The summed E-state index contributed by atoms with van der Waals surface area (Å²) in [5, 5.41) is 3.11. The molecule has 1 amide bonds. The van der Waals surface area contributed by atoms with Crippen molar-refractivity contribution in [1.29, 1.82) is 0 Å². The molecule has 150 valence electrons. The fraction of sp³-hybridized carbons (Fsp3) is 0.316. The molecule has 28 heavy (non-hydrogen) atoms. The van der Waals surface area contributed by atoms with Gasteiger partial charge in [-0.15, -0.1) is 0 Å². The summed E-state index contributed by atoms with van der Waals surface area (Å²) >= 11 is 12.2. The molecule has 6 nitrogen and oxygen atoms in total. The molecule has 0 spiro atoms. The van der Waals surface area contributed by atoms with Crippen LogP contribution in [0.3, 0.4) is 0 Å². The Morgan fingerprint density at radius 1 is 1.18 bits per heavy atom. The van der Waals surface area contributed by atoms with Crippen LogP contribution in [0.15, 0.2) is 41.3 Å². The number of carbonyl (C=O) groups excluding carboxylic acids is 1. The average molecular weight is 443 g/mol. The molecule has 0 radical (unpaired) electrons. The zero-order valence-electron chi connectivity index (χ0n) is 15.2. The summed E-state index contributed by atoms with van der Waals surface area (Å²) in [6.07, 6.45) is 1.56. The van der Waals surface area contributed by atoms with Gasteiger partial charge in [-0.1, -0.05) is 29.3 Å². The number of aryl methyl sites for hydroxylation is 1. The van der Waals surface area contributed by atoms with Gasteiger partial charge in [-0.25, -0.2) is 13.1 Å². The summed E-state index contributed by atoms with van der Waals surface area (Å²) in [5.74, 6) is -0.488. The van der Waals surface area contributed by atoms with Crippen LogP contribution in [0.1, 0.15) is 28.8 Å². The second-order valence-corrected chi connectivity index (χ2v) is 9.12. The fourth-order valence-electron chi connectivity index (χ4n) is 2.85. The summed E-state index contributed by atoms with van der Waals surface area (Å²) in [6.45, 7) is 2.68. The summed E-state index contributed by atoms with van der Waals surface area (Å²) < 4.78 is 33.2. The van der Waals surface area contributed by atoms with Gasteiger partial charge in [-0.3, -0.25) is 4.79 Å². The van der Waals surface area contributed by atoms with E-state index in [1.54, 1.807) is 12.1 Å². The van der Waals surface area contributed by atoms with E-state index in [4.69, 9.17) is 27.9 Å². The van der Waals surface area contributed by atoms with Crippen LogP contribution in [-0.4, -0.2) is 33.6 Å². The lowest BCUT2D eigenvalue weighted by molar-refractivity contribution is 0.102. The number of hydrogen-bond acceptors (Lipinski definition) is 4. The molecule has 0 aromatic heterocycles. The highest BCUT2D eigenvalue weighted by Crippen LogP contribution is 2.26. The lowest BCUT2D eigenvalue weighted by Gasteiger charge is -2.13. The number of ether oxygens (including phenoxy) is 1. The van der Waals surface area contributed by atoms with E-state index in [0.29, 0.717) is 17.3 Å². The highest BCUT2D eigenvalue weighted by Gasteiger charge is 2.23.